The van der Waals surface area contributed by atoms with E-state index in [1.807, 2.05) is 13.8 Å². The van der Waals surface area contributed by atoms with Crippen molar-refractivity contribution < 1.29 is 19.4 Å². The van der Waals surface area contributed by atoms with Crippen molar-refractivity contribution in [2.24, 2.45) is 5.92 Å². The number of hydrogen-bond donors (Lipinski definition) is 1. The largest absolute Gasteiger partial charge is 0.463 e. The molecule has 0 saturated carbocycles. The first-order valence-electron chi connectivity index (χ1n) is 4.45. The zero-order valence-electron chi connectivity index (χ0n) is 8.45. The smallest absolute Gasteiger partial charge is 0.308 e. The summed E-state index contributed by atoms with van der Waals surface area (Å²) in [6.07, 6.45) is 0.350. The molecule has 0 rings (SSSR count). The lowest BCUT2D eigenvalue weighted by Crippen LogP contribution is -2.26. The first kappa shape index (κ1) is 12.4. The van der Waals surface area contributed by atoms with Gasteiger partial charge >= 0.3 is 5.97 Å². The second-order valence-corrected chi connectivity index (χ2v) is 2.98. The molecule has 2 unspecified atom stereocenters. The minimum atomic E-state index is -0.409. The Bertz CT molecular complexity index is 143. The molecule has 0 aromatic rings. The molecule has 2 atom stereocenters. The van der Waals surface area contributed by atoms with E-state index in [-0.39, 0.29) is 25.1 Å². The molecular formula is C9H18O4. The Kier molecular flexibility index (Phi) is 6.54. The van der Waals surface area contributed by atoms with Crippen molar-refractivity contribution in [1.29, 1.82) is 0 Å². The molecule has 0 bridgehead atoms. The third kappa shape index (κ3) is 4.85. The maximum absolute atomic E-state index is 11.2. The van der Waals surface area contributed by atoms with Crippen molar-refractivity contribution in [2.45, 2.75) is 26.4 Å². The van der Waals surface area contributed by atoms with E-state index in [1.165, 1.54) is 7.11 Å². The van der Waals surface area contributed by atoms with Crippen LogP contribution < -0.4 is 0 Å². The molecular weight excluding hydrogens is 172 g/mol. The van der Waals surface area contributed by atoms with Crippen molar-refractivity contribution in [3.8, 4) is 0 Å². The normalized spacial score (nSPS) is 15.1. The van der Waals surface area contributed by atoms with Gasteiger partial charge in [0.05, 0.1) is 12.5 Å². The lowest BCUT2D eigenvalue weighted by molar-refractivity contribution is -0.152. The van der Waals surface area contributed by atoms with E-state index in [0.717, 1.165) is 6.42 Å². The van der Waals surface area contributed by atoms with Gasteiger partial charge in [0.1, 0.15) is 12.7 Å². The van der Waals surface area contributed by atoms with E-state index < -0.39 is 6.10 Å². The third-order valence-corrected chi connectivity index (χ3v) is 1.96. The first-order valence-corrected chi connectivity index (χ1v) is 4.45. The van der Waals surface area contributed by atoms with Crippen LogP contribution in [0.3, 0.4) is 0 Å². The van der Waals surface area contributed by atoms with Crippen molar-refractivity contribution in [3.05, 3.63) is 0 Å². The van der Waals surface area contributed by atoms with Gasteiger partial charge in [0, 0.05) is 7.11 Å². The minimum absolute atomic E-state index is 0.0869. The number of aliphatic hydroxyl groups is 1. The Morgan fingerprint density at radius 1 is 1.54 bits per heavy atom. The molecule has 0 aliphatic heterocycles. The molecule has 0 saturated heterocycles. The predicted octanol–water partition coefficient (Wildman–Crippen LogP) is 0.583. The molecule has 0 aliphatic carbocycles. The fourth-order valence-corrected chi connectivity index (χ4v) is 0.679. The molecule has 0 aromatic heterocycles. The number of rotatable bonds is 6. The number of methoxy groups -OCH3 is 1. The van der Waals surface area contributed by atoms with Crippen LogP contribution in [0.1, 0.15) is 20.3 Å². The van der Waals surface area contributed by atoms with Gasteiger partial charge < -0.3 is 14.6 Å². The van der Waals surface area contributed by atoms with E-state index in [1.54, 1.807) is 0 Å². The highest BCUT2D eigenvalue weighted by Gasteiger charge is 2.14. The van der Waals surface area contributed by atoms with Gasteiger partial charge in [-0.25, -0.2) is 0 Å². The first-order chi connectivity index (χ1) is 6.15. The lowest BCUT2D eigenvalue weighted by Gasteiger charge is -2.14. The summed E-state index contributed by atoms with van der Waals surface area (Å²) in [5, 5.41) is 8.72. The quantitative estimate of drug-likeness (QED) is 0.622. The molecule has 78 valence electrons. The molecule has 0 aromatic carbocycles. The molecule has 0 heterocycles. The van der Waals surface area contributed by atoms with Gasteiger partial charge in [0.2, 0.25) is 0 Å². The Hall–Kier alpha value is -0.610. The van der Waals surface area contributed by atoms with Gasteiger partial charge in [0.25, 0.3) is 0 Å². The Morgan fingerprint density at radius 3 is 2.54 bits per heavy atom. The molecule has 4 nitrogen and oxygen atoms in total. The number of carbonyl (C=O) groups is 1. The van der Waals surface area contributed by atoms with E-state index >= 15 is 0 Å². The topological polar surface area (TPSA) is 55.8 Å². The van der Waals surface area contributed by atoms with Crippen LogP contribution in [0.4, 0.5) is 0 Å². The third-order valence-electron chi connectivity index (χ3n) is 1.96. The summed E-state index contributed by atoms with van der Waals surface area (Å²) in [7, 11) is 1.47. The minimum Gasteiger partial charge on any atom is -0.463 e. The monoisotopic (exact) mass is 190 g/mol. The predicted molar refractivity (Wildman–Crippen MR) is 48.3 cm³/mol. The van der Waals surface area contributed by atoms with Crippen molar-refractivity contribution in [2.75, 3.05) is 20.3 Å². The Balaban J connectivity index is 3.68. The van der Waals surface area contributed by atoms with Crippen LogP contribution in [0.2, 0.25) is 0 Å². The van der Waals surface area contributed by atoms with Gasteiger partial charge in [0.15, 0.2) is 0 Å². The van der Waals surface area contributed by atoms with E-state index in [4.69, 9.17) is 14.6 Å². The van der Waals surface area contributed by atoms with Crippen LogP contribution in [0.5, 0.6) is 0 Å². The van der Waals surface area contributed by atoms with E-state index in [2.05, 4.69) is 0 Å². The average molecular weight is 190 g/mol. The number of aliphatic hydroxyl groups excluding tert-OH is 1. The highest BCUT2D eigenvalue weighted by molar-refractivity contribution is 5.71. The molecule has 4 heteroatoms. The van der Waals surface area contributed by atoms with Crippen LogP contribution in [0, 0.1) is 5.92 Å². The number of esters is 1. The van der Waals surface area contributed by atoms with Gasteiger partial charge in [-0.05, 0) is 6.42 Å². The van der Waals surface area contributed by atoms with Crippen molar-refractivity contribution >= 4 is 5.97 Å². The Morgan fingerprint density at radius 2 is 2.15 bits per heavy atom. The summed E-state index contributed by atoms with van der Waals surface area (Å²) in [6, 6.07) is 0. The summed E-state index contributed by atoms with van der Waals surface area (Å²) in [5.74, 6) is -0.325. The highest BCUT2D eigenvalue weighted by Crippen LogP contribution is 2.03. The molecule has 13 heavy (non-hydrogen) atoms. The Labute approximate surface area is 78.8 Å². The molecule has 0 radical (unpaired) electrons. The average Bonchev–Trinajstić information content (AvgIpc) is 2.17. The van der Waals surface area contributed by atoms with Crippen molar-refractivity contribution in [3.63, 3.8) is 0 Å². The second-order valence-electron chi connectivity index (χ2n) is 2.98. The molecule has 0 spiro atoms. The van der Waals surface area contributed by atoms with Crippen LogP contribution >= 0.6 is 0 Å². The van der Waals surface area contributed by atoms with Crippen LogP contribution in [0.15, 0.2) is 0 Å². The highest BCUT2D eigenvalue weighted by atomic mass is 16.6. The van der Waals surface area contributed by atoms with Crippen LogP contribution in [-0.2, 0) is 14.3 Å². The van der Waals surface area contributed by atoms with E-state index in [9.17, 15) is 4.79 Å². The van der Waals surface area contributed by atoms with Gasteiger partial charge in [-0.3, -0.25) is 4.79 Å². The number of ether oxygens (including phenoxy) is 2. The van der Waals surface area contributed by atoms with Gasteiger partial charge in [-0.15, -0.1) is 0 Å². The molecule has 0 aliphatic rings. The SMILES string of the molecule is CCC(C)C(=O)OCC(CO)OC. The summed E-state index contributed by atoms with van der Waals surface area (Å²) < 4.78 is 9.75. The molecule has 0 fully saturated rings. The fraction of sp³-hybridized carbons (Fsp3) is 0.889. The van der Waals surface area contributed by atoms with E-state index in [0.29, 0.717) is 0 Å². The number of hydrogen-bond acceptors (Lipinski definition) is 4. The zero-order chi connectivity index (χ0) is 10.3. The van der Waals surface area contributed by atoms with Crippen LogP contribution in [0.25, 0.3) is 0 Å². The zero-order valence-corrected chi connectivity index (χ0v) is 8.45. The van der Waals surface area contributed by atoms with Crippen LogP contribution in [-0.4, -0.2) is 37.5 Å². The fourth-order valence-electron chi connectivity index (χ4n) is 0.679. The summed E-state index contributed by atoms with van der Waals surface area (Å²) in [6.45, 7) is 3.72. The van der Waals surface area contributed by atoms with Gasteiger partial charge in [-0.1, -0.05) is 13.8 Å². The summed E-state index contributed by atoms with van der Waals surface area (Å²) in [4.78, 5) is 11.2. The molecule has 1 N–H and O–H groups in total. The summed E-state index contributed by atoms with van der Waals surface area (Å²) >= 11 is 0. The van der Waals surface area contributed by atoms with Crippen molar-refractivity contribution in [1.82, 2.24) is 0 Å². The standard InChI is InChI=1S/C9H18O4/c1-4-7(2)9(11)13-6-8(5-10)12-3/h7-8,10H,4-6H2,1-3H3. The molecule has 0 amide bonds. The second kappa shape index (κ2) is 6.86. The maximum Gasteiger partial charge on any atom is 0.308 e. The number of carbonyl (C=O) groups excluding carboxylic acids is 1. The maximum atomic E-state index is 11.2. The van der Waals surface area contributed by atoms with Gasteiger partial charge in [-0.2, -0.15) is 0 Å². The summed E-state index contributed by atoms with van der Waals surface area (Å²) in [5.41, 5.74) is 0. The lowest BCUT2D eigenvalue weighted by atomic mass is 10.1.